The molecule has 0 radical (unpaired) electrons. The third-order valence-electron chi connectivity index (χ3n) is 2.92. The Morgan fingerprint density at radius 1 is 1.15 bits per heavy atom. The van der Waals surface area contributed by atoms with Gasteiger partial charge in [-0.3, -0.25) is 0 Å². The van der Waals surface area contributed by atoms with Crippen molar-refractivity contribution < 1.29 is 4.39 Å². The lowest BCUT2D eigenvalue weighted by Crippen LogP contribution is -2.18. The Morgan fingerprint density at radius 3 is 2.55 bits per heavy atom. The molecule has 2 rings (SSSR count). The van der Waals surface area contributed by atoms with Crippen LogP contribution in [0.5, 0.6) is 0 Å². The van der Waals surface area contributed by atoms with Gasteiger partial charge in [0, 0.05) is 21.7 Å². The second kappa shape index (κ2) is 7.11. The molecule has 0 aliphatic carbocycles. The van der Waals surface area contributed by atoms with Gasteiger partial charge in [0.25, 0.3) is 0 Å². The molecule has 0 aromatic heterocycles. The molecule has 20 heavy (non-hydrogen) atoms. The molecule has 1 nitrogen and oxygen atoms in total. The molecule has 1 atom stereocenters. The molecule has 0 spiro atoms. The Hall–Kier alpha value is -1.03. The van der Waals surface area contributed by atoms with Crippen molar-refractivity contribution in [2.75, 3.05) is 0 Å². The smallest absolute Gasteiger partial charge is 0.137 e. The van der Waals surface area contributed by atoms with Crippen molar-refractivity contribution in [3.8, 4) is 0 Å². The third-order valence-corrected chi connectivity index (χ3v) is 4.49. The number of rotatable bonds is 5. The molecule has 2 N–H and O–H groups in total. The number of hydrogen-bond acceptors (Lipinski definition) is 2. The first-order chi connectivity index (χ1) is 9.58. The predicted molar refractivity (Wildman–Crippen MR) is 84.8 cm³/mol. The molecule has 0 fully saturated rings. The maximum absolute atomic E-state index is 14.0. The average molecular weight is 310 g/mol. The highest BCUT2D eigenvalue weighted by atomic mass is 35.5. The Bertz CT molecular complexity index is 586. The van der Waals surface area contributed by atoms with E-state index in [4.69, 9.17) is 17.3 Å². The Balaban J connectivity index is 2.18. The summed E-state index contributed by atoms with van der Waals surface area (Å²) in [5.41, 5.74) is 7.79. The second-order valence-electron chi connectivity index (χ2n) is 4.79. The fraction of sp³-hybridized carbons (Fsp3) is 0.250. The van der Waals surface area contributed by atoms with Gasteiger partial charge in [0.05, 0.1) is 0 Å². The largest absolute Gasteiger partial charge is 0.328 e. The summed E-state index contributed by atoms with van der Waals surface area (Å²) in [4.78, 5) is 0.671. The molecule has 1 unspecified atom stereocenters. The standard InChI is InChI=1S/C16H17ClFNS/c1-11(19)9-12-6-4-8-15(18)16(12)20-10-13-5-2-3-7-14(13)17/h2-8,11H,9-10,19H2,1H3. The zero-order chi connectivity index (χ0) is 14.5. The molecule has 0 saturated heterocycles. The van der Waals surface area contributed by atoms with Crippen LogP contribution in [0.15, 0.2) is 47.4 Å². The minimum absolute atomic E-state index is 0.0106. The summed E-state index contributed by atoms with van der Waals surface area (Å²) in [5, 5.41) is 0.713. The van der Waals surface area contributed by atoms with E-state index in [1.54, 1.807) is 6.07 Å². The highest BCUT2D eigenvalue weighted by molar-refractivity contribution is 7.98. The fourth-order valence-electron chi connectivity index (χ4n) is 1.99. The molecular formula is C16H17ClFNS. The molecule has 0 aliphatic heterocycles. The van der Waals surface area contributed by atoms with Crippen molar-refractivity contribution in [3.05, 3.63) is 64.4 Å². The molecule has 2 aromatic rings. The normalized spacial score (nSPS) is 12.4. The van der Waals surface area contributed by atoms with Crippen LogP contribution in [0.2, 0.25) is 5.02 Å². The van der Waals surface area contributed by atoms with Gasteiger partial charge < -0.3 is 5.73 Å². The van der Waals surface area contributed by atoms with E-state index in [1.807, 2.05) is 37.3 Å². The molecule has 0 saturated carbocycles. The zero-order valence-electron chi connectivity index (χ0n) is 11.3. The Morgan fingerprint density at radius 2 is 1.85 bits per heavy atom. The van der Waals surface area contributed by atoms with E-state index in [0.29, 0.717) is 22.1 Å². The summed E-state index contributed by atoms with van der Waals surface area (Å²) < 4.78 is 14.0. The van der Waals surface area contributed by atoms with E-state index >= 15 is 0 Å². The minimum atomic E-state index is -0.194. The highest BCUT2D eigenvalue weighted by Gasteiger charge is 2.11. The van der Waals surface area contributed by atoms with Crippen molar-refractivity contribution in [3.63, 3.8) is 0 Å². The van der Waals surface area contributed by atoms with Gasteiger partial charge >= 0.3 is 0 Å². The highest BCUT2D eigenvalue weighted by Crippen LogP contribution is 2.31. The predicted octanol–water partition coefficient (Wildman–Crippen LogP) is 4.66. The summed E-state index contributed by atoms with van der Waals surface area (Å²) in [6.45, 7) is 1.92. The quantitative estimate of drug-likeness (QED) is 0.813. The average Bonchev–Trinajstić information content (AvgIpc) is 2.39. The van der Waals surface area contributed by atoms with Crippen LogP contribution in [0.4, 0.5) is 4.39 Å². The molecule has 0 amide bonds. The maximum Gasteiger partial charge on any atom is 0.137 e. The topological polar surface area (TPSA) is 26.0 Å². The lowest BCUT2D eigenvalue weighted by molar-refractivity contribution is 0.592. The SMILES string of the molecule is CC(N)Cc1cccc(F)c1SCc1ccccc1Cl. The summed E-state index contributed by atoms with van der Waals surface area (Å²) >= 11 is 7.60. The van der Waals surface area contributed by atoms with Gasteiger partial charge in [-0.25, -0.2) is 4.39 Å². The summed E-state index contributed by atoms with van der Waals surface area (Å²) in [6.07, 6.45) is 0.669. The summed E-state index contributed by atoms with van der Waals surface area (Å²) in [7, 11) is 0. The van der Waals surface area contributed by atoms with Crippen molar-refractivity contribution in [2.45, 2.75) is 30.0 Å². The van der Waals surface area contributed by atoms with E-state index in [9.17, 15) is 4.39 Å². The van der Waals surface area contributed by atoms with Crippen LogP contribution in [0.3, 0.4) is 0 Å². The van der Waals surface area contributed by atoms with E-state index in [0.717, 1.165) is 11.1 Å². The van der Waals surface area contributed by atoms with E-state index < -0.39 is 0 Å². The Kier molecular flexibility index (Phi) is 5.46. The van der Waals surface area contributed by atoms with Gasteiger partial charge in [0.2, 0.25) is 0 Å². The van der Waals surface area contributed by atoms with Crippen LogP contribution in [-0.4, -0.2) is 6.04 Å². The van der Waals surface area contributed by atoms with Gasteiger partial charge in [0.15, 0.2) is 0 Å². The molecular weight excluding hydrogens is 293 g/mol. The summed E-state index contributed by atoms with van der Waals surface area (Å²) in [5.74, 6) is 0.451. The van der Waals surface area contributed by atoms with Crippen molar-refractivity contribution in [1.29, 1.82) is 0 Å². The maximum atomic E-state index is 14.0. The first kappa shape index (κ1) is 15.4. The lowest BCUT2D eigenvalue weighted by Gasteiger charge is -2.12. The number of benzene rings is 2. The number of nitrogens with two attached hydrogens (primary N) is 1. The Labute approximate surface area is 128 Å². The van der Waals surface area contributed by atoms with E-state index in [2.05, 4.69) is 0 Å². The van der Waals surface area contributed by atoms with Gasteiger partial charge in [-0.05, 0) is 36.6 Å². The zero-order valence-corrected chi connectivity index (χ0v) is 12.8. The fourth-order valence-corrected chi connectivity index (χ4v) is 3.36. The van der Waals surface area contributed by atoms with Crippen LogP contribution in [0.25, 0.3) is 0 Å². The monoisotopic (exact) mass is 309 g/mol. The van der Waals surface area contributed by atoms with E-state index in [1.165, 1.54) is 17.8 Å². The second-order valence-corrected chi connectivity index (χ2v) is 6.18. The third kappa shape index (κ3) is 3.98. The van der Waals surface area contributed by atoms with Crippen LogP contribution in [0.1, 0.15) is 18.1 Å². The van der Waals surface area contributed by atoms with Crippen LogP contribution < -0.4 is 5.73 Å². The molecule has 0 bridgehead atoms. The number of thioether (sulfide) groups is 1. The molecule has 2 aromatic carbocycles. The van der Waals surface area contributed by atoms with Crippen molar-refractivity contribution in [1.82, 2.24) is 0 Å². The van der Waals surface area contributed by atoms with Gasteiger partial charge in [-0.1, -0.05) is 41.9 Å². The van der Waals surface area contributed by atoms with Crippen LogP contribution >= 0.6 is 23.4 Å². The molecule has 4 heteroatoms. The molecule has 106 valence electrons. The van der Waals surface area contributed by atoms with Gasteiger partial charge in [0.1, 0.15) is 5.82 Å². The van der Waals surface area contributed by atoms with Crippen molar-refractivity contribution in [2.24, 2.45) is 5.73 Å². The van der Waals surface area contributed by atoms with Crippen LogP contribution in [-0.2, 0) is 12.2 Å². The number of halogens is 2. The first-order valence-electron chi connectivity index (χ1n) is 6.47. The van der Waals surface area contributed by atoms with Gasteiger partial charge in [-0.2, -0.15) is 0 Å². The summed E-state index contributed by atoms with van der Waals surface area (Å²) in [6, 6.07) is 12.8. The molecule has 0 heterocycles. The number of hydrogen-bond donors (Lipinski definition) is 1. The van der Waals surface area contributed by atoms with Gasteiger partial charge in [-0.15, -0.1) is 11.8 Å². The molecule has 0 aliphatic rings. The van der Waals surface area contributed by atoms with Crippen LogP contribution in [0, 0.1) is 5.82 Å². The van der Waals surface area contributed by atoms with Crippen molar-refractivity contribution >= 4 is 23.4 Å². The minimum Gasteiger partial charge on any atom is -0.328 e. The van der Waals surface area contributed by atoms with E-state index in [-0.39, 0.29) is 11.9 Å². The first-order valence-corrected chi connectivity index (χ1v) is 7.83. The lowest BCUT2D eigenvalue weighted by atomic mass is 10.1.